The van der Waals surface area contributed by atoms with Crippen molar-refractivity contribution in [2.24, 2.45) is 0 Å². The highest BCUT2D eigenvalue weighted by atomic mass is 32.1. The molecule has 3 heterocycles. The molecule has 2 aromatic carbocycles. The van der Waals surface area contributed by atoms with Crippen LogP contribution < -0.4 is 5.32 Å². The standard InChI is InChI=1S/C22H16N4OS/c27-22(23-13-21-25-17-8-3-4-9-18(17)26-21)15-12-19(20-10-5-11-28-20)24-16-7-2-1-6-14(15)16/h1-12H,13H2,(H,23,27)(H,25,26). The van der Waals surface area contributed by atoms with E-state index >= 15 is 0 Å². The molecular formula is C22H16N4OS. The molecule has 0 aliphatic rings. The number of benzene rings is 2. The summed E-state index contributed by atoms with van der Waals surface area (Å²) >= 11 is 1.61. The van der Waals surface area contributed by atoms with Crippen molar-refractivity contribution in [3.05, 3.63) is 83.5 Å². The van der Waals surface area contributed by atoms with E-state index < -0.39 is 0 Å². The third kappa shape index (κ3) is 3.04. The Bertz CT molecular complexity index is 1260. The van der Waals surface area contributed by atoms with Crippen molar-refractivity contribution in [2.75, 3.05) is 0 Å². The lowest BCUT2D eigenvalue weighted by atomic mass is 10.1. The summed E-state index contributed by atoms with van der Waals surface area (Å²) in [6, 6.07) is 21.4. The van der Waals surface area contributed by atoms with Crippen LogP contribution in [0.4, 0.5) is 0 Å². The van der Waals surface area contributed by atoms with Crippen molar-refractivity contribution in [1.82, 2.24) is 20.3 Å². The van der Waals surface area contributed by atoms with Crippen molar-refractivity contribution in [1.29, 1.82) is 0 Å². The molecule has 1 amide bonds. The van der Waals surface area contributed by atoms with Gasteiger partial charge in [0.05, 0.1) is 39.2 Å². The number of carbonyl (C=O) groups excluding carboxylic acids is 1. The molecule has 0 bridgehead atoms. The lowest BCUT2D eigenvalue weighted by Crippen LogP contribution is -2.23. The maximum atomic E-state index is 13.0. The number of aromatic nitrogens is 3. The summed E-state index contributed by atoms with van der Waals surface area (Å²) in [6.07, 6.45) is 0. The van der Waals surface area contributed by atoms with E-state index in [0.29, 0.717) is 12.1 Å². The monoisotopic (exact) mass is 384 g/mol. The van der Waals surface area contributed by atoms with E-state index in [1.54, 1.807) is 11.3 Å². The van der Waals surface area contributed by atoms with E-state index in [1.807, 2.05) is 72.1 Å². The van der Waals surface area contributed by atoms with E-state index in [0.717, 1.165) is 38.3 Å². The van der Waals surface area contributed by atoms with Gasteiger partial charge in [0.2, 0.25) is 0 Å². The van der Waals surface area contributed by atoms with Crippen LogP contribution in [0.25, 0.3) is 32.5 Å². The van der Waals surface area contributed by atoms with Crippen LogP contribution in [-0.2, 0) is 6.54 Å². The zero-order chi connectivity index (χ0) is 18.9. The molecule has 0 aliphatic heterocycles. The Kier molecular flexibility index (Phi) is 4.10. The van der Waals surface area contributed by atoms with Gasteiger partial charge < -0.3 is 10.3 Å². The number of thiophene rings is 1. The topological polar surface area (TPSA) is 70.7 Å². The van der Waals surface area contributed by atoms with Crippen LogP contribution in [0.5, 0.6) is 0 Å². The van der Waals surface area contributed by atoms with Crippen LogP contribution >= 0.6 is 11.3 Å². The second kappa shape index (κ2) is 6.90. The molecule has 28 heavy (non-hydrogen) atoms. The molecule has 0 spiro atoms. The molecule has 5 nitrogen and oxygen atoms in total. The van der Waals surface area contributed by atoms with Crippen LogP contribution in [0, 0.1) is 0 Å². The Morgan fingerprint density at radius 2 is 1.79 bits per heavy atom. The zero-order valence-corrected chi connectivity index (χ0v) is 15.7. The number of fused-ring (bicyclic) bond motifs is 2. The van der Waals surface area contributed by atoms with Crippen molar-refractivity contribution in [3.8, 4) is 10.6 Å². The predicted octanol–water partition coefficient (Wildman–Crippen LogP) is 4.77. The molecule has 2 N–H and O–H groups in total. The molecule has 136 valence electrons. The third-order valence-corrected chi connectivity index (χ3v) is 5.48. The van der Waals surface area contributed by atoms with E-state index in [-0.39, 0.29) is 5.91 Å². The quantitative estimate of drug-likeness (QED) is 0.469. The Labute approximate surface area is 165 Å². The van der Waals surface area contributed by atoms with Crippen LogP contribution in [0.1, 0.15) is 16.2 Å². The van der Waals surface area contributed by atoms with Gasteiger partial charge in [-0.2, -0.15) is 0 Å². The van der Waals surface area contributed by atoms with Crippen molar-refractivity contribution < 1.29 is 4.79 Å². The summed E-state index contributed by atoms with van der Waals surface area (Å²) < 4.78 is 0. The first-order valence-electron chi connectivity index (χ1n) is 8.93. The number of pyridine rings is 1. The minimum atomic E-state index is -0.142. The number of amides is 1. The summed E-state index contributed by atoms with van der Waals surface area (Å²) in [5.41, 5.74) is 4.08. The first kappa shape index (κ1) is 16.6. The van der Waals surface area contributed by atoms with Crippen molar-refractivity contribution in [2.45, 2.75) is 6.54 Å². The molecule has 0 atom stereocenters. The Balaban J connectivity index is 1.48. The molecule has 0 saturated heterocycles. The van der Waals surface area contributed by atoms with Gasteiger partial charge in [-0.15, -0.1) is 11.3 Å². The number of nitrogens with one attached hydrogen (secondary N) is 2. The highest BCUT2D eigenvalue weighted by Crippen LogP contribution is 2.27. The number of nitrogens with zero attached hydrogens (tertiary/aromatic N) is 2. The maximum absolute atomic E-state index is 13.0. The average Bonchev–Trinajstić information content (AvgIpc) is 3.40. The van der Waals surface area contributed by atoms with E-state index in [9.17, 15) is 4.79 Å². The van der Waals surface area contributed by atoms with Crippen LogP contribution in [-0.4, -0.2) is 20.9 Å². The molecule has 3 aromatic heterocycles. The molecule has 0 saturated carbocycles. The summed E-state index contributed by atoms with van der Waals surface area (Å²) in [4.78, 5) is 26.5. The van der Waals surface area contributed by atoms with E-state index in [4.69, 9.17) is 4.98 Å². The Morgan fingerprint density at radius 1 is 0.964 bits per heavy atom. The van der Waals surface area contributed by atoms with Gasteiger partial charge >= 0.3 is 0 Å². The van der Waals surface area contributed by atoms with Gasteiger partial charge in [0, 0.05) is 5.39 Å². The lowest BCUT2D eigenvalue weighted by Gasteiger charge is -2.09. The Morgan fingerprint density at radius 3 is 2.61 bits per heavy atom. The third-order valence-electron chi connectivity index (χ3n) is 4.59. The minimum Gasteiger partial charge on any atom is -0.345 e. The number of H-pyrrole nitrogens is 1. The highest BCUT2D eigenvalue weighted by Gasteiger charge is 2.14. The van der Waals surface area contributed by atoms with Crippen LogP contribution in [0.3, 0.4) is 0 Å². The van der Waals surface area contributed by atoms with Gasteiger partial charge in [-0.3, -0.25) is 4.79 Å². The summed E-state index contributed by atoms with van der Waals surface area (Å²) in [6.45, 7) is 0.332. The fourth-order valence-corrected chi connectivity index (χ4v) is 3.95. The normalized spacial score (nSPS) is 11.1. The molecule has 6 heteroatoms. The van der Waals surface area contributed by atoms with Gasteiger partial charge in [0.1, 0.15) is 5.82 Å². The minimum absolute atomic E-state index is 0.142. The van der Waals surface area contributed by atoms with Gasteiger partial charge in [0.25, 0.3) is 5.91 Å². The van der Waals surface area contributed by atoms with Gasteiger partial charge in [-0.05, 0) is 35.7 Å². The fourth-order valence-electron chi connectivity index (χ4n) is 3.26. The molecule has 0 radical (unpaired) electrons. The van der Waals surface area contributed by atoms with Crippen LogP contribution in [0.15, 0.2) is 72.1 Å². The Hall–Kier alpha value is -3.51. The second-order valence-corrected chi connectivity index (χ2v) is 7.38. The number of hydrogen-bond acceptors (Lipinski definition) is 4. The van der Waals surface area contributed by atoms with Gasteiger partial charge in [0.15, 0.2) is 0 Å². The summed E-state index contributed by atoms with van der Waals surface area (Å²) in [5, 5.41) is 5.83. The maximum Gasteiger partial charge on any atom is 0.252 e. The van der Waals surface area contributed by atoms with Gasteiger partial charge in [-0.25, -0.2) is 9.97 Å². The largest absolute Gasteiger partial charge is 0.345 e. The van der Waals surface area contributed by atoms with Crippen molar-refractivity contribution >= 4 is 39.2 Å². The second-order valence-electron chi connectivity index (χ2n) is 6.43. The number of carbonyl (C=O) groups is 1. The SMILES string of the molecule is O=C(NCc1nc2ccccc2[nH]1)c1cc(-c2cccs2)nc2ccccc12. The zero-order valence-electron chi connectivity index (χ0n) is 14.8. The summed E-state index contributed by atoms with van der Waals surface area (Å²) in [5.74, 6) is 0.586. The highest BCUT2D eigenvalue weighted by molar-refractivity contribution is 7.13. The number of rotatable bonds is 4. The number of imidazole rings is 1. The van der Waals surface area contributed by atoms with Crippen LogP contribution in [0.2, 0.25) is 0 Å². The molecule has 5 aromatic rings. The molecule has 0 aliphatic carbocycles. The number of aromatic amines is 1. The molecule has 0 unspecified atom stereocenters. The molecule has 0 fully saturated rings. The van der Waals surface area contributed by atoms with Crippen molar-refractivity contribution in [3.63, 3.8) is 0 Å². The van der Waals surface area contributed by atoms with Gasteiger partial charge in [-0.1, -0.05) is 36.4 Å². The van der Waals surface area contributed by atoms with E-state index in [1.165, 1.54) is 0 Å². The average molecular weight is 384 g/mol. The smallest absolute Gasteiger partial charge is 0.252 e. The predicted molar refractivity (Wildman–Crippen MR) is 112 cm³/mol. The van der Waals surface area contributed by atoms with E-state index in [2.05, 4.69) is 15.3 Å². The number of para-hydroxylation sites is 3. The first-order valence-corrected chi connectivity index (χ1v) is 9.81. The molecular weight excluding hydrogens is 368 g/mol. The lowest BCUT2D eigenvalue weighted by molar-refractivity contribution is 0.0951. The summed E-state index contributed by atoms with van der Waals surface area (Å²) in [7, 11) is 0. The molecule has 5 rings (SSSR count). The fraction of sp³-hybridized carbons (Fsp3) is 0.0455. The number of hydrogen-bond donors (Lipinski definition) is 2. The first-order chi connectivity index (χ1) is 13.8.